The van der Waals surface area contributed by atoms with Gasteiger partial charge in [0, 0.05) is 23.2 Å². The minimum Gasteiger partial charge on any atom is -0.394 e. The summed E-state index contributed by atoms with van der Waals surface area (Å²) >= 11 is 0. The smallest absolute Gasteiger partial charge is 0.255 e. The molecule has 0 spiro atoms. The fraction of sp³-hybridized carbons (Fsp3) is 0.341. The molecule has 0 fully saturated rings. The Morgan fingerprint density at radius 2 is 0.817 bits per heavy atom. The number of nitrogens with one attached hydrogen (secondary N) is 2. The van der Waals surface area contributed by atoms with E-state index in [1.54, 1.807) is 23.2 Å². The van der Waals surface area contributed by atoms with Crippen molar-refractivity contribution in [2.45, 2.75) is 153 Å². The lowest BCUT2D eigenvalue weighted by Gasteiger charge is -2.28. The molecule has 0 saturated carbocycles. The molecule has 12 N–H and O–H groups in total. The van der Waals surface area contributed by atoms with E-state index in [9.17, 15) is 47.9 Å². The molecule has 15 rings (SSSR count). The summed E-state index contributed by atoms with van der Waals surface area (Å²) in [5.41, 5.74) is 37.8. The van der Waals surface area contributed by atoms with Crippen LogP contribution in [0.15, 0.2) is 164 Å². The van der Waals surface area contributed by atoms with Crippen LogP contribution in [0, 0.1) is 29.6 Å². The third kappa shape index (κ3) is 15.2. The van der Waals surface area contributed by atoms with E-state index in [0.29, 0.717) is 46.7 Å². The van der Waals surface area contributed by atoms with E-state index in [4.69, 9.17) is 28.7 Å². The van der Waals surface area contributed by atoms with Crippen molar-refractivity contribution in [3.63, 3.8) is 0 Å². The summed E-state index contributed by atoms with van der Waals surface area (Å²) in [6.07, 6.45) is 15.2. The second-order valence-electron chi connectivity index (χ2n) is 29.5. The molecule has 22 nitrogen and oxygen atoms in total. The first-order valence-electron chi connectivity index (χ1n) is 35.2. The van der Waals surface area contributed by atoms with Gasteiger partial charge in [-0.05, 0) is 174 Å². The molecule has 22 heteroatoms. The van der Waals surface area contributed by atoms with Crippen molar-refractivity contribution in [3.05, 3.63) is 268 Å². The number of aryl methyl sites for hydroxylation is 2. The second kappa shape index (κ2) is 30.6. The van der Waals surface area contributed by atoms with Crippen molar-refractivity contribution >= 4 is 72.5 Å². The van der Waals surface area contributed by atoms with Gasteiger partial charge in [-0.3, -0.25) is 47.9 Å². The molecule has 0 bridgehead atoms. The Labute approximate surface area is 600 Å². The molecule has 13 aromatic rings. The molecule has 0 saturated heterocycles. The number of fused-ring (bicyclic) bond motifs is 5. The number of aromatic nitrogens is 5. The minimum absolute atomic E-state index is 0. The van der Waals surface area contributed by atoms with E-state index >= 15 is 0 Å². The van der Waals surface area contributed by atoms with Crippen LogP contribution in [0.5, 0.6) is 0 Å². The maximum atomic E-state index is 11.7. The van der Waals surface area contributed by atoms with Gasteiger partial charge in [0.15, 0.2) is 0 Å². The number of rotatable bonds is 17. The van der Waals surface area contributed by atoms with Crippen LogP contribution in [0.1, 0.15) is 158 Å². The number of benzene rings is 5. The Morgan fingerprint density at radius 1 is 0.413 bits per heavy atom. The molecular weight excluding hydrogens is 1310 g/mol. The molecule has 10 aromatic carbocycles. The Kier molecular flexibility index (Phi) is 22.2. The topological polar surface area (TPSA) is 365 Å². The summed E-state index contributed by atoms with van der Waals surface area (Å²) in [6.45, 7) is 21.8. The van der Waals surface area contributed by atoms with E-state index in [2.05, 4.69) is 151 Å². The van der Waals surface area contributed by atoms with Gasteiger partial charge < -0.3 is 43.9 Å². The number of hydrogen-bond donors (Lipinski definition) is 7. The number of nitrogens with zero attached hydrogens (tertiary/aromatic N) is 5. The molecule has 540 valence electrons. The zero-order valence-electron chi connectivity index (χ0n) is 59.8. The van der Waals surface area contributed by atoms with Crippen LogP contribution in [-0.4, -0.2) is 24.1 Å². The van der Waals surface area contributed by atoms with Gasteiger partial charge in [0.2, 0.25) is 0 Å². The highest BCUT2D eigenvalue weighted by Crippen LogP contribution is 2.37. The zero-order valence-corrected chi connectivity index (χ0v) is 59.8. The van der Waals surface area contributed by atoms with Crippen molar-refractivity contribution in [1.82, 2.24) is 24.1 Å². The Morgan fingerprint density at radius 3 is 1.30 bits per heavy atom. The fourth-order valence-corrected chi connectivity index (χ4v) is 13.9. The number of anilines is 7. The van der Waals surface area contributed by atoms with E-state index in [-0.39, 0.29) is 59.3 Å². The first-order chi connectivity index (χ1) is 48.9. The van der Waals surface area contributed by atoms with Crippen LogP contribution >= 0.6 is 0 Å². The van der Waals surface area contributed by atoms with Gasteiger partial charge >= 0.3 is 0 Å². The van der Waals surface area contributed by atoms with Crippen molar-refractivity contribution in [2.24, 2.45) is 29.6 Å². The van der Waals surface area contributed by atoms with Gasteiger partial charge in [0.05, 0.1) is 34.8 Å². The predicted octanol–water partition coefficient (Wildman–Crippen LogP) is 10.2. The van der Waals surface area contributed by atoms with Crippen LogP contribution in [0.25, 0.3) is 49.8 Å². The summed E-state index contributed by atoms with van der Waals surface area (Å²) in [7, 11) is 0. The van der Waals surface area contributed by atoms with E-state index in [1.165, 1.54) is 59.4 Å². The van der Waals surface area contributed by atoms with Gasteiger partial charge in [0.25, 0.3) is 54.3 Å². The average Bonchev–Trinajstić information content (AvgIpc) is 1.46. The summed E-state index contributed by atoms with van der Waals surface area (Å²) < 4.78 is 4.60. The monoisotopic (exact) mass is 1400 g/mol. The molecular formula is C82H92N12O10. The van der Waals surface area contributed by atoms with Crippen molar-refractivity contribution < 1.29 is 0 Å². The minimum atomic E-state index is -0.625. The highest BCUT2D eigenvalue weighted by atomic mass is 16.2. The molecule has 104 heavy (non-hydrogen) atoms. The van der Waals surface area contributed by atoms with Crippen LogP contribution < -0.4 is 93.6 Å². The summed E-state index contributed by atoms with van der Waals surface area (Å²) in [5.74, 6) is 2.89. The van der Waals surface area contributed by atoms with Gasteiger partial charge in [-0.25, -0.2) is 9.36 Å². The lowest BCUT2D eigenvalue weighted by molar-refractivity contribution is 0.595. The molecule has 0 amide bonds. The van der Waals surface area contributed by atoms with Gasteiger partial charge in [-0.2, -0.15) is 10.2 Å². The Hall–Kier alpha value is -11.4. The lowest BCUT2D eigenvalue weighted by Crippen LogP contribution is -2.38. The number of hydrogen-bond acceptors (Lipinski definition) is 19. The molecule has 2 atom stereocenters. The number of nitrogens with two attached hydrogens (primary N) is 5. The van der Waals surface area contributed by atoms with Crippen LogP contribution in [0.4, 0.5) is 39.8 Å². The maximum absolute atomic E-state index is 11.7. The lowest BCUT2D eigenvalue weighted by atomic mass is 9.85. The normalized spacial score (nSPS) is 14.0. The summed E-state index contributed by atoms with van der Waals surface area (Å²) in [4.78, 5) is 114. The molecule has 0 aliphatic heterocycles. The van der Waals surface area contributed by atoms with Crippen LogP contribution in [-0.2, 0) is 44.9 Å². The zero-order chi connectivity index (χ0) is 74.3. The SMILES string of the molecule is C.CC(C)Cc1ccc2c(c1)C(Nc1c(N)c(=O)c1=O)CC2.CC(C)Cc1ccc2c(c1)C(Nc1c(N)c(=O)c1=O)CCC2.CC(C)Cc1ccc2ccn(-c3c(N)c(=O)c3=O)c2c1.CC(C)Cc1ccc2cn(-c3c(N)c(=O)c3=O)nc2c1.CC(C)Cc1ccc2cnn(-c3c(N)c(=O)c3=O)c2c1. The van der Waals surface area contributed by atoms with E-state index in [1.807, 2.05) is 36.4 Å². The third-order valence-electron chi connectivity index (χ3n) is 19.0. The first kappa shape index (κ1) is 75.2. The molecule has 2 unspecified atom stereocenters. The highest BCUT2D eigenvalue weighted by molar-refractivity contribution is 5.86. The molecule has 3 heterocycles. The average molecular weight is 1410 g/mol. The number of nitrogen functional groups attached to an aromatic ring is 5. The van der Waals surface area contributed by atoms with Crippen molar-refractivity contribution in [3.8, 4) is 17.1 Å². The third-order valence-corrected chi connectivity index (χ3v) is 19.0. The summed E-state index contributed by atoms with van der Waals surface area (Å²) in [6, 6.07) is 33.6. The van der Waals surface area contributed by atoms with Crippen molar-refractivity contribution in [2.75, 3.05) is 39.3 Å². The molecule has 0 radical (unpaired) electrons. The van der Waals surface area contributed by atoms with Crippen LogP contribution in [0.3, 0.4) is 0 Å². The predicted molar refractivity (Wildman–Crippen MR) is 421 cm³/mol. The largest absolute Gasteiger partial charge is 0.394 e. The van der Waals surface area contributed by atoms with E-state index in [0.717, 1.165) is 96.9 Å². The molecule has 2 aliphatic carbocycles. The fourth-order valence-electron chi connectivity index (χ4n) is 13.9. The second-order valence-corrected chi connectivity index (χ2v) is 29.5. The first-order valence-corrected chi connectivity index (χ1v) is 35.2. The van der Waals surface area contributed by atoms with E-state index < -0.39 is 54.3 Å². The molecule has 3 aromatic heterocycles. The quantitative estimate of drug-likeness (QED) is 0.0417. The Balaban J connectivity index is 0.000000139. The standard InChI is InChI=1S/C18H22N2O2.C17H20N2O2.C16H16N2O2.2C15H15N3O2.CH4/c1-10(2)8-11-6-7-12-4-3-5-14(13(12)9-11)20-16-15(19)17(21)18(16)22;1-9(2)7-10-3-4-11-5-6-13(12(11)8-10)19-15-14(18)16(20)17(15)21;1-9(2)7-10-3-4-11-5-6-18(12(11)8-10)14-13(17)15(19)16(14)20;1-8(2)5-9-3-4-10-7-18(17-11(10)6-9)13-12(16)14(19)15(13)20;1-8(2)5-9-3-4-10-7-17-18(11(10)6-9)13-12(16)14(19)15(13)20;/h6-7,9-10,14,20H,3-5,8,19H2,1-2H3;3-4,8-9,13,19H,5-7,18H2,1-2H3;3-6,8-9H,7,17H2,1-2H3;2*3-4,6-8H,5,16H2,1-2H3;1H4. The molecule has 2 aliphatic rings. The van der Waals surface area contributed by atoms with Gasteiger partial charge in [-0.15, -0.1) is 0 Å². The van der Waals surface area contributed by atoms with Crippen LogP contribution in [0.2, 0.25) is 0 Å². The Bertz CT molecular complexity index is 5600. The maximum Gasteiger partial charge on any atom is 0.255 e. The van der Waals surface area contributed by atoms with Crippen molar-refractivity contribution in [1.29, 1.82) is 0 Å². The summed E-state index contributed by atoms with van der Waals surface area (Å²) in [5, 5.41) is 17.8. The highest BCUT2D eigenvalue weighted by Gasteiger charge is 2.30. The van der Waals surface area contributed by atoms with Gasteiger partial charge in [0.1, 0.15) is 56.9 Å². The van der Waals surface area contributed by atoms with Gasteiger partial charge in [-0.1, -0.05) is 149 Å².